The van der Waals surface area contributed by atoms with E-state index in [2.05, 4.69) is 15.3 Å². The first-order valence-electron chi connectivity index (χ1n) is 7.41. The lowest BCUT2D eigenvalue weighted by atomic mass is 10.1. The summed E-state index contributed by atoms with van der Waals surface area (Å²) in [5.41, 5.74) is 9.44. The number of aromatic nitrogens is 2. The maximum absolute atomic E-state index is 12.5. The minimum absolute atomic E-state index is 0.262. The summed E-state index contributed by atoms with van der Waals surface area (Å²) in [5.74, 6) is -0.938. The average Bonchev–Trinajstić information content (AvgIpc) is 2.55. The van der Waals surface area contributed by atoms with Gasteiger partial charge in [0.15, 0.2) is 0 Å². The monoisotopic (exact) mass is 320 g/mol. The van der Waals surface area contributed by atoms with Gasteiger partial charge in [-0.3, -0.25) is 9.59 Å². The molecule has 1 aromatic heterocycles. The molecule has 6 heteroatoms. The summed E-state index contributed by atoms with van der Waals surface area (Å²) < 4.78 is 0. The summed E-state index contributed by atoms with van der Waals surface area (Å²) in [6.45, 7) is 3.76. The standard InChI is InChI=1S/C18H16N4O2/c1-10-11(2)21-16-9-12(7-8-15(16)20-10)18(24)22-14-6-4-3-5-13(14)17(19)23/h3-9H,1-2H3,(H2,19,23)(H,22,24). The SMILES string of the molecule is Cc1nc2ccc(C(=O)Nc3ccccc3C(N)=O)cc2nc1C. The van der Waals surface area contributed by atoms with Crippen molar-refractivity contribution in [3.05, 3.63) is 65.0 Å². The highest BCUT2D eigenvalue weighted by Crippen LogP contribution is 2.18. The van der Waals surface area contributed by atoms with Gasteiger partial charge in [0.2, 0.25) is 0 Å². The highest BCUT2D eigenvalue weighted by atomic mass is 16.2. The number of aryl methyl sites for hydroxylation is 2. The highest BCUT2D eigenvalue weighted by Gasteiger charge is 2.13. The number of benzene rings is 2. The molecule has 2 aromatic carbocycles. The predicted octanol–water partition coefficient (Wildman–Crippen LogP) is 2.60. The second-order valence-corrected chi connectivity index (χ2v) is 5.46. The van der Waals surface area contributed by atoms with Crippen LogP contribution in [0.3, 0.4) is 0 Å². The van der Waals surface area contributed by atoms with E-state index in [4.69, 9.17) is 5.73 Å². The molecule has 0 unspecified atom stereocenters. The molecule has 0 atom stereocenters. The lowest BCUT2D eigenvalue weighted by molar-refractivity contribution is 0.100. The topological polar surface area (TPSA) is 98.0 Å². The van der Waals surface area contributed by atoms with Crippen molar-refractivity contribution in [1.82, 2.24) is 9.97 Å². The Hall–Kier alpha value is -3.28. The van der Waals surface area contributed by atoms with Crippen LogP contribution in [0.2, 0.25) is 0 Å². The molecular weight excluding hydrogens is 304 g/mol. The van der Waals surface area contributed by atoms with Crippen molar-refractivity contribution in [2.24, 2.45) is 5.73 Å². The molecule has 1 heterocycles. The Kier molecular flexibility index (Phi) is 3.95. The lowest BCUT2D eigenvalue weighted by Crippen LogP contribution is -2.18. The number of rotatable bonds is 3. The number of fused-ring (bicyclic) bond motifs is 1. The molecule has 0 aliphatic carbocycles. The smallest absolute Gasteiger partial charge is 0.255 e. The molecule has 3 rings (SSSR count). The normalized spacial score (nSPS) is 10.6. The molecule has 0 saturated carbocycles. The van der Waals surface area contributed by atoms with Gasteiger partial charge in [0.05, 0.1) is 33.7 Å². The first-order valence-corrected chi connectivity index (χ1v) is 7.41. The van der Waals surface area contributed by atoms with E-state index in [-0.39, 0.29) is 11.5 Å². The van der Waals surface area contributed by atoms with Gasteiger partial charge < -0.3 is 11.1 Å². The summed E-state index contributed by atoms with van der Waals surface area (Å²) >= 11 is 0. The zero-order chi connectivity index (χ0) is 17.3. The highest BCUT2D eigenvalue weighted by molar-refractivity contribution is 6.09. The molecule has 0 aliphatic heterocycles. The Bertz CT molecular complexity index is 966. The second kappa shape index (κ2) is 6.08. The number of amides is 2. The molecule has 0 spiro atoms. The van der Waals surface area contributed by atoms with Crippen molar-refractivity contribution in [3.63, 3.8) is 0 Å². The van der Waals surface area contributed by atoms with Crippen LogP contribution in [0, 0.1) is 13.8 Å². The van der Waals surface area contributed by atoms with Gasteiger partial charge in [-0.25, -0.2) is 9.97 Å². The second-order valence-electron chi connectivity index (χ2n) is 5.46. The van der Waals surface area contributed by atoms with Crippen LogP contribution in [0.5, 0.6) is 0 Å². The molecule has 3 N–H and O–H groups in total. The van der Waals surface area contributed by atoms with Crippen molar-refractivity contribution >= 4 is 28.5 Å². The van der Waals surface area contributed by atoms with E-state index in [9.17, 15) is 9.59 Å². The minimum Gasteiger partial charge on any atom is -0.366 e. The molecule has 2 amide bonds. The van der Waals surface area contributed by atoms with E-state index in [0.29, 0.717) is 16.8 Å². The van der Waals surface area contributed by atoms with Crippen LogP contribution >= 0.6 is 0 Å². The van der Waals surface area contributed by atoms with Gasteiger partial charge in [-0.1, -0.05) is 12.1 Å². The number of anilines is 1. The fourth-order valence-corrected chi connectivity index (χ4v) is 2.37. The van der Waals surface area contributed by atoms with E-state index in [1.54, 1.807) is 42.5 Å². The molecule has 0 saturated heterocycles. The number of primary amides is 1. The third kappa shape index (κ3) is 2.94. The van der Waals surface area contributed by atoms with Crippen molar-refractivity contribution < 1.29 is 9.59 Å². The molecule has 0 bridgehead atoms. The summed E-state index contributed by atoms with van der Waals surface area (Å²) in [7, 11) is 0. The number of carbonyl (C=O) groups excluding carboxylic acids is 2. The third-order valence-electron chi connectivity index (χ3n) is 3.78. The van der Waals surface area contributed by atoms with Gasteiger partial charge in [-0.15, -0.1) is 0 Å². The molecule has 24 heavy (non-hydrogen) atoms. The molecule has 3 aromatic rings. The Morgan fingerprint density at radius 2 is 1.62 bits per heavy atom. The van der Waals surface area contributed by atoms with Gasteiger partial charge in [0.25, 0.3) is 11.8 Å². The number of nitrogens with zero attached hydrogens (tertiary/aromatic N) is 2. The molecular formula is C18H16N4O2. The van der Waals surface area contributed by atoms with Crippen molar-refractivity contribution in [2.75, 3.05) is 5.32 Å². The molecule has 0 aliphatic rings. The van der Waals surface area contributed by atoms with Crippen LogP contribution in [0.1, 0.15) is 32.1 Å². The Balaban J connectivity index is 1.95. The Labute approximate surface area is 138 Å². The van der Waals surface area contributed by atoms with Crippen LogP contribution in [-0.2, 0) is 0 Å². The van der Waals surface area contributed by atoms with E-state index in [0.717, 1.165) is 16.9 Å². The summed E-state index contributed by atoms with van der Waals surface area (Å²) in [6, 6.07) is 11.7. The zero-order valence-electron chi connectivity index (χ0n) is 13.3. The van der Waals surface area contributed by atoms with E-state index < -0.39 is 5.91 Å². The summed E-state index contributed by atoms with van der Waals surface area (Å²) in [5, 5.41) is 2.71. The van der Waals surface area contributed by atoms with Crippen LogP contribution in [0.4, 0.5) is 5.69 Å². The largest absolute Gasteiger partial charge is 0.366 e. The number of nitrogens with one attached hydrogen (secondary N) is 1. The third-order valence-corrected chi connectivity index (χ3v) is 3.78. The van der Waals surface area contributed by atoms with Gasteiger partial charge in [0.1, 0.15) is 0 Å². The first kappa shape index (κ1) is 15.6. The number of hydrogen-bond acceptors (Lipinski definition) is 4. The summed E-state index contributed by atoms with van der Waals surface area (Å²) in [6.07, 6.45) is 0. The van der Waals surface area contributed by atoms with E-state index >= 15 is 0 Å². The quantitative estimate of drug-likeness (QED) is 0.775. The molecule has 0 fully saturated rings. The number of nitrogens with two attached hydrogens (primary N) is 1. The van der Waals surface area contributed by atoms with Crippen molar-refractivity contribution in [3.8, 4) is 0 Å². The van der Waals surface area contributed by atoms with Gasteiger partial charge in [-0.2, -0.15) is 0 Å². The number of hydrogen-bond donors (Lipinski definition) is 2. The van der Waals surface area contributed by atoms with Gasteiger partial charge in [-0.05, 0) is 44.2 Å². The number of carbonyl (C=O) groups is 2. The number of para-hydroxylation sites is 1. The summed E-state index contributed by atoms with van der Waals surface area (Å²) in [4.78, 5) is 32.8. The van der Waals surface area contributed by atoms with Crippen LogP contribution in [-0.4, -0.2) is 21.8 Å². The fraction of sp³-hybridized carbons (Fsp3) is 0.111. The molecule has 6 nitrogen and oxygen atoms in total. The fourth-order valence-electron chi connectivity index (χ4n) is 2.37. The van der Waals surface area contributed by atoms with Crippen LogP contribution in [0.15, 0.2) is 42.5 Å². The first-order chi connectivity index (χ1) is 11.5. The minimum atomic E-state index is -0.596. The maximum Gasteiger partial charge on any atom is 0.255 e. The van der Waals surface area contributed by atoms with E-state index in [1.807, 2.05) is 13.8 Å². The van der Waals surface area contributed by atoms with Gasteiger partial charge in [0, 0.05) is 5.56 Å². The van der Waals surface area contributed by atoms with Crippen molar-refractivity contribution in [2.45, 2.75) is 13.8 Å². The zero-order valence-corrected chi connectivity index (χ0v) is 13.3. The van der Waals surface area contributed by atoms with Crippen molar-refractivity contribution in [1.29, 1.82) is 0 Å². The average molecular weight is 320 g/mol. The maximum atomic E-state index is 12.5. The predicted molar refractivity (Wildman–Crippen MR) is 91.9 cm³/mol. The van der Waals surface area contributed by atoms with E-state index in [1.165, 1.54) is 0 Å². The lowest BCUT2D eigenvalue weighted by Gasteiger charge is -2.09. The Morgan fingerprint density at radius 1 is 0.958 bits per heavy atom. The molecule has 120 valence electrons. The Morgan fingerprint density at radius 3 is 2.33 bits per heavy atom. The molecule has 0 radical (unpaired) electrons. The van der Waals surface area contributed by atoms with Crippen LogP contribution in [0.25, 0.3) is 11.0 Å². The van der Waals surface area contributed by atoms with Gasteiger partial charge >= 0.3 is 0 Å². The van der Waals surface area contributed by atoms with Crippen LogP contribution < -0.4 is 11.1 Å².